The fourth-order valence-electron chi connectivity index (χ4n) is 1.30. The molecule has 1 saturated carbocycles. The van der Waals surface area contributed by atoms with Crippen molar-refractivity contribution in [3.63, 3.8) is 0 Å². The molecule has 1 fully saturated rings. The third-order valence-electron chi connectivity index (χ3n) is 2.69. The Hall–Kier alpha value is 0.190. The van der Waals surface area contributed by atoms with Crippen molar-refractivity contribution in [2.75, 3.05) is 12.4 Å². The van der Waals surface area contributed by atoms with Crippen LogP contribution in [0.25, 0.3) is 0 Å². The molecule has 0 aliphatic heterocycles. The Kier molecular flexibility index (Phi) is 3.52. The first-order valence-corrected chi connectivity index (χ1v) is 8.00. The fraction of sp³-hybridized carbons (Fsp3) is 0.556. The van der Waals surface area contributed by atoms with Crippen LogP contribution in [0.3, 0.4) is 0 Å². The zero-order valence-electron chi connectivity index (χ0n) is 8.37. The largest absolute Gasteiger partial charge is 0.250 e. The molecular weight excluding hydrogens is 289 g/mol. The lowest BCUT2D eigenvalue weighted by molar-refractivity contribution is 0.536. The summed E-state index contributed by atoms with van der Waals surface area (Å²) in [5.41, 5.74) is -0.0182. The number of halogens is 2. The van der Waals surface area contributed by atoms with Crippen LogP contribution >= 0.6 is 34.5 Å². The van der Waals surface area contributed by atoms with Gasteiger partial charge in [-0.25, -0.2) is 13.1 Å². The highest BCUT2D eigenvalue weighted by Gasteiger charge is 2.42. The molecular formula is C9H11Cl2NO2S2. The van der Waals surface area contributed by atoms with Crippen molar-refractivity contribution in [3.05, 3.63) is 16.5 Å². The SMILES string of the molecule is O=S(=O)(NCC1(CCl)CC1)c1ccc(Cl)s1. The first-order valence-electron chi connectivity index (χ1n) is 4.78. The van der Waals surface area contributed by atoms with Crippen LogP contribution in [0.4, 0.5) is 0 Å². The zero-order valence-corrected chi connectivity index (χ0v) is 11.5. The van der Waals surface area contributed by atoms with Crippen LogP contribution in [0.1, 0.15) is 12.8 Å². The van der Waals surface area contributed by atoms with Gasteiger partial charge in [0.15, 0.2) is 0 Å². The molecule has 16 heavy (non-hydrogen) atoms. The molecule has 1 aromatic heterocycles. The number of nitrogens with one attached hydrogen (secondary N) is 1. The van der Waals surface area contributed by atoms with Crippen LogP contribution in [0.2, 0.25) is 4.34 Å². The van der Waals surface area contributed by atoms with Crippen molar-refractivity contribution in [2.24, 2.45) is 5.41 Å². The van der Waals surface area contributed by atoms with Crippen LogP contribution in [0.15, 0.2) is 16.3 Å². The van der Waals surface area contributed by atoms with Gasteiger partial charge in [-0.15, -0.1) is 22.9 Å². The van der Waals surface area contributed by atoms with Gasteiger partial charge in [0.25, 0.3) is 0 Å². The highest BCUT2D eigenvalue weighted by molar-refractivity contribution is 7.91. The number of hydrogen-bond acceptors (Lipinski definition) is 3. The number of sulfonamides is 1. The smallest absolute Gasteiger partial charge is 0.210 e. The maximum atomic E-state index is 11.8. The summed E-state index contributed by atoms with van der Waals surface area (Å²) in [6, 6.07) is 3.09. The molecule has 1 heterocycles. The van der Waals surface area contributed by atoms with E-state index in [1.807, 2.05) is 0 Å². The van der Waals surface area contributed by atoms with Crippen molar-refractivity contribution in [1.82, 2.24) is 4.72 Å². The third-order valence-corrected chi connectivity index (χ3v) is 6.38. The van der Waals surface area contributed by atoms with E-state index in [2.05, 4.69) is 4.72 Å². The van der Waals surface area contributed by atoms with E-state index in [4.69, 9.17) is 23.2 Å². The second kappa shape index (κ2) is 4.46. The second-order valence-corrected chi connectivity index (χ2v) is 7.99. The summed E-state index contributed by atoms with van der Waals surface area (Å²) in [4.78, 5) is 0. The van der Waals surface area contributed by atoms with E-state index in [0.29, 0.717) is 16.8 Å². The van der Waals surface area contributed by atoms with E-state index >= 15 is 0 Å². The van der Waals surface area contributed by atoms with Crippen LogP contribution in [0.5, 0.6) is 0 Å². The van der Waals surface area contributed by atoms with E-state index in [9.17, 15) is 8.42 Å². The molecule has 0 atom stereocenters. The summed E-state index contributed by atoms with van der Waals surface area (Å²) in [6.45, 7) is 0.411. The molecule has 1 aliphatic rings. The standard InChI is InChI=1S/C9H11Cl2NO2S2/c10-5-9(3-4-9)6-12-16(13,14)8-2-1-7(11)15-8/h1-2,12H,3-6H2. The maximum Gasteiger partial charge on any atom is 0.250 e. The molecule has 0 spiro atoms. The van der Waals surface area contributed by atoms with Crippen molar-refractivity contribution in [3.8, 4) is 0 Å². The maximum absolute atomic E-state index is 11.8. The molecule has 90 valence electrons. The van der Waals surface area contributed by atoms with E-state index in [1.54, 1.807) is 6.07 Å². The van der Waals surface area contributed by atoms with Gasteiger partial charge in [0.1, 0.15) is 4.21 Å². The monoisotopic (exact) mass is 299 g/mol. The van der Waals surface area contributed by atoms with Gasteiger partial charge in [-0.3, -0.25) is 0 Å². The van der Waals surface area contributed by atoms with Crippen LogP contribution in [-0.4, -0.2) is 20.8 Å². The van der Waals surface area contributed by atoms with Gasteiger partial charge >= 0.3 is 0 Å². The Morgan fingerprint density at radius 3 is 2.56 bits per heavy atom. The van der Waals surface area contributed by atoms with Gasteiger partial charge in [-0.1, -0.05) is 11.6 Å². The van der Waals surface area contributed by atoms with Crippen molar-refractivity contribution in [1.29, 1.82) is 0 Å². The molecule has 0 saturated heterocycles. The van der Waals surface area contributed by atoms with Gasteiger partial charge in [0.2, 0.25) is 10.0 Å². The summed E-state index contributed by atoms with van der Waals surface area (Å²) in [5, 5.41) is 0. The Balaban J connectivity index is 2.04. The van der Waals surface area contributed by atoms with Gasteiger partial charge in [-0.2, -0.15) is 0 Å². The summed E-state index contributed by atoms with van der Waals surface area (Å²) in [6.07, 6.45) is 1.98. The van der Waals surface area contributed by atoms with Gasteiger partial charge in [0.05, 0.1) is 4.34 Å². The minimum atomic E-state index is -3.42. The van der Waals surface area contributed by atoms with Gasteiger partial charge in [0, 0.05) is 12.4 Å². The highest BCUT2D eigenvalue weighted by atomic mass is 35.5. The number of rotatable bonds is 5. The lowest BCUT2D eigenvalue weighted by atomic mass is 10.1. The van der Waals surface area contributed by atoms with Gasteiger partial charge < -0.3 is 0 Å². The van der Waals surface area contributed by atoms with Gasteiger partial charge in [-0.05, 0) is 30.4 Å². The molecule has 7 heteroatoms. The zero-order chi connectivity index (χ0) is 11.8. The molecule has 0 aromatic carbocycles. The van der Waals surface area contributed by atoms with E-state index in [-0.39, 0.29) is 9.62 Å². The quantitative estimate of drug-likeness (QED) is 0.850. The van der Waals surface area contributed by atoms with Crippen LogP contribution < -0.4 is 4.72 Å². The molecule has 1 N–H and O–H groups in total. The molecule has 1 aromatic rings. The predicted octanol–water partition coefficient (Wildman–Crippen LogP) is 2.70. The summed E-state index contributed by atoms with van der Waals surface area (Å²) < 4.78 is 27.0. The average Bonchev–Trinajstić information content (AvgIpc) is 2.91. The summed E-state index contributed by atoms with van der Waals surface area (Å²) >= 11 is 12.5. The topological polar surface area (TPSA) is 46.2 Å². The molecule has 3 nitrogen and oxygen atoms in total. The van der Waals surface area contributed by atoms with Crippen LogP contribution in [0, 0.1) is 5.41 Å². The molecule has 2 rings (SSSR count). The Labute approximate surface area is 109 Å². The average molecular weight is 300 g/mol. The normalized spacial score (nSPS) is 18.6. The first-order chi connectivity index (χ1) is 7.47. The number of thiophene rings is 1. The Morgan fingerprint density at radius 2 is 2.12 bits per heavy atom. The van der Waals surface area contributed by atoms with E-state index in [1.165, 1.54) is 6.07 Å². The minimum absolute atomic E-state index is 0.0182. The molecule has 0 amide bonds. The van der Waals surface area contributed by atoms with Crippen molar-refractivity contribution >= 4 is 44.6 Å². The lowest BCUT2D eigenvalue weighted by Crippen LogP contribution is -2.30. The lowest BCUT2D eigenvalue weighted by Gasteiger charge is -2.11. The molecule has 0 unspecified atom stereocenters. The summed E-state index contributed by atoms with van der Waals surface area (Å²) in [5.74, 6) is 0.501. The predicted molar refractivity (Wildman–Crippen MR) is 66.9 cm³/mol. The Morgan fingerprint density at radius 1 is 1.44 bits per heavy atom. The highest BCUT2D eigenvalue weighted by Crippen LogP contribution is 2.46. The molecule has 1 aliphatic carbocycles. The molecule has 0 radical (unpaired) electrons. The number of hydrogen-bond donors (Lipinski definition) is 1. The minimum Gasteiger partial charge on any atom is -0.210 e. The van der Waals surface area contributed by atoms with E-state index < -0.39 is 10.0 Å². The fourth-order valence-corrected chi connectivity index (χ4v) is 4.34. The van der Waals surface area contributed by atoms with Crippen molar-refractivity contribution in [2.45, 2.75) is 17.1 Å². The van der Waals surface area contributed by atoms with Crippen molar-refractivity contribution < 1.29 is 8.42 Å². The Bertz CT molecular complexity index is 479. The molecule has 0 bridgehead atoms. The third kappa shape index (κ3) is 2.71. The second-order valence-electron chi connectivity index (χ2n) is 4.02. The number of alkyl halides is 1. The first kappa shape index (κ1) is 12.6. The van der Waals surface area contributed by atoms with Crippen LogP contribution in [-0.2, 0) is 10.0 Å². The summed E-state index contributed by atoms with van der Waals surface area (Å²) in [7, 11) is -3.42. The van der Waals surface area contributed by atoms with E-state index in [0.717, 1.165) is 24.2 Å².